The molecule has 1 aliphatic rings. The lowest BCUT2D eigenvalue weighted by Crippen LogP contribution is -2.46. The predicted molar refractivity (Wildman–Crippen MR) is 107 cm³/mol. The minimum atomic E-state index is 0. The fourth-order valence-corrected chi connectivity index (χ4v) is 3.61. The number of hydrogen-bond donors (Lipinski definition) is 2. The van der Waals surface area contributed by atoms with Crippen LogP contribution in [-0.2, 0) is 0 Å². The molecule has 24 heavy (non-hydrogen) atoms. The van der Waals surface area contributed by atoms with Crippen molar-refractivity contribution in [3.05, 3.63) is 42.0 Å². The van der Waals surface area contributed by atoms with Gasteiger partial charge in [-0.05, 0) is 22.9 Å². The number of rotatable bonds is 4. The van der Waals surface area contributed by atoms with Gasteiger partial charge in [0.15, 0.2) is 0 Å². The summed E-state index contributed by atoms with van der Waals surface area (Å²) in [7, 11) is 0. The standard InChI is InChI=1S/C19H26N2O.2ClH/c1-3-14(2)19(21-12-10-20-11-13-21)17-8-9-18(22)16-7-5-4-6-15(16)17;;/h4-9,14,19-20,22H,3,10-13H2,1-2H3;2*1H/t14?,19-;;/m0../s1. The second-order valence-electron chi connectivity index (χ2n) is 6.34. The van der Waals surface area contributed by atoms with E-state index in [4.69, 9.17) is 0 Å². The number of nitrogens with zero attached hydrogens (tertiary/aromatic N) is 1. The van der Waals surface area contributed by atoms with Gasteiger partial charge in [-0.2, -0.15) is 0 Å². The Labute approximate surface area is 157 Å². The molecule has 1 aliphatic heterocycles. The van der Waals surface area contributed by atoms with Crippen molar-refractivity contribution >= 4 is 35.6 Å². The zero-order chi connectivity index (χ0) is 15.5. The minimum absolute atomic E-state index is 0. The summed E-state index contributed by atoms with van der Waals surface area (Å²) < 4.78 is 0. The normalized spacial score (nSPS) is 17.6. The van der Waals surface area contributed by atoms with Crippen molar-refractivity contribution in [3.8, 4) is 5.75 Å². The Bertz CT molecular complexity index is 644. The highest BCUT2D eigenvalue weighted by atomic mass is 35.5. The van der Waals surface area contributed by atoms with Crippen LogP contribution in [0, 0.1) is 5.92 Å². The molecular formula is C19H28Cl2N2O. The molecule has 134 valence electrons. The molecule has 2 atom stereocenters. The molecule has 0 spiro atoms. The summed E-state index contributed by atoms with van der Waals surface area (Å²) in [6, 6.07) is 12.6. The summed E-state index contributed by atoms with van der Waals surface area (Å²) in [6.45, 7) is 8.90. The largest absolute Gasteiger partial charge is 0.507 e. The van der Waals surface area contributed by atoms with Crippen LogP contribution in [0.1, 0.15) is 31.9 Å². The van der Waals surface area contributed by atoms with Crippen molar-refractivity contribution in [1.29, 1.82) is 0 Å². The topological polar surface area (TPSA) is 35.5 Å². The quantitative estimate of drug-likeness (QED) is 0.837. The van der Waals surface area contributed by atoms with Crippen molar-refractivity contribution in [1.82, 2.24) is 10.2 Å². The minimum Gasteiger partial charge on any atom is -0.507 e. The number of aromatic hydroxyl groups is 1. The molecule has 1 unspecified atom stereocenters. The van der Waals surface area contributed by atoms with Gasteiger partial charge >= 0.3 is 0 Å². The number of fused-ring (bicyclic) bond motifs is 1. The van der Waals surface area contributed by atoms with Crippen LogP contribution < -0.4 is 5.32 Å². The molecule has 0 amide bonds. The Morgan fingerprint density at radius 2 is 1.67 bits per heavy atom. The van der Waals surface area contributed by atoms with Gasteiger partial charge in [0.25, 0.3) is 0 Å². The number of phenols is 1. The summed E-state index contributed by atoms with van der Waals surface area (Å²) in [5.74, 6) is 0.966. The third kappa shape index (κ3) is 4.15. The molecule has 2 N–H and O–H groups in total. The molecule has 0 aliphatic carbocycles. The van der Waals surface area contributed by atoms with Crippen LogP contribution in [0.4, 0.5) is 0 Å². The summed E-state index contributed by atoms with van der Waals surface area (Å²) in [5.41, 5.74) is 1.35. The number of nitrogens with one attached hydrogen (secondary N) is 1. The van der Waals surface area contributed by atoms with Crippen LogP contribution in [-0.4, -0.2) is 36.2 Å². The van der Waals surface area contributed by atoms with Gasteiger partial charge in [0.2, 0.25) is 0 Å². The fraction of sp³-hybridized carbons (Fsp3) is 0.474. The highest BCUT2D eigenvalue weighted by molar-refractivity contribution is 5.91. The molecule has 0 radical (unpaired) electrons. The van der Waals surface area contributed by atoms with Gasteiger partial charge < -0.3 is 10.4 Å². The third-order valence-electron chi connectivity index (χ3n) is 4.98. The number of halogens is 2. The van der Waals surface area contributed by atoms with Crippen molar-refractivity contribution in [2.45, 2.75) is 26.3 Å². The highest BCUT2D eigenvalue weighted by Crippen LogP contribution is 2.37. The fourth-order valence-electron chi connectivity index (χ4n) is 3.61. The van der Waals surface area contributed by atoms with Gasteiger partial charge in [0.05, 0.1) is 0 Å². The van der Waals surface area contributed by atoms with Crippen molar-refractivity contribution in [3.63, 3.8) is 0 Å². The first kappa shape index (κ1) is 21.0. The molecule has 1 saturated heterocycles. The lowest BCUT2D eigenvalue weighted by atomic mass is 9.87. The first-order chi connectivity index (χ1) is 10.7. The van der Waals surface area contributed by atoms with E-state index in [-0.39, 0.29) is 24.8 Å². The maximum Gasteiger partial charge on any atom is 0.123 e. The first-order valence-electron chi connectivity index (χ1n) is 8.37. The molecule has 2 aromatic carbocycles. The molecular weight excluding hydrogens is 343 g/mol. The molecule has 0 aromatic heterocycles. The summed E-state index contributed by atoms with van der Waals surface area (Å²) >= 11 is 0. The molecule has 1 fully saturated rings. The Kier molecular flexibility index (Phi) is 8.31. The first-order valence-corrected chi connectivity index (χ1v) is 8.37. The van der Waals surface area contributed by atoms with E-state index in [0.29, 0.717) is 17.7 Å². The SMILES string of the molecule is CCC(C)[C@@H](c1ccc(O)c2ccccc12)N1CCNCC1.Cl.Cl. The van der Waals surface area contributed by atoms with Crippen LogP contribution >= 0.6 is 24.8 Å². The molecule has 0 bridgehead atoms. The summed E-state index contributed by atoms with van der Waals surface area (Å²) in [4.78, 5) is 2.60. The molecule has 5 heteroatoms. The van der Waals surface area contributed by atoms with Gasteiger partial charge in [-0.15, -0.1) is 24.8 Å². The van der Waals surface area contributed by atoms with Crippen molar-refractivity contribution in [2.24, 2.45) is 5.92 Å². The maximum absolute atomic E-state index is 10.2. The molecule has 2 aromatic rings. The maximum atomic E-state index is 10.2. The van der Waals surface area contributed by atoms with E-state index in [1.165, 1.54) is 10.9 Å². The Hall–Kier alpha value is -1.000. The second kappa shape index (κ2) is 9.47. The number of phenolic OH excluding ortho intramolecular Hbond substituents is 1. The predicted octanol–water partition coefficient (Wildman–Crippen LogP) is 4.38. The van der Waals surface area contributed by atoms with E-state index in [2.05, 4.69) is 42.3 Å². The van der Waals surface area contributed by atoms with E-state index in [1.807, 2.05) is 18.2 Å². The Balaban J connectivity index is 0.00000144. The molecule has 1 heterocycles. The lowest BCUT2D eigenvalue weighted by molar-refractivity contribution is 0.129. The van der Waals surface area contributed by atoms with E-state index < -0.39 is 0 Å². The Morgan fingerprint density at radius 3 is 2.29 bits per heavy atom. The van der Waals surface area contributed by atoms with E-state index in [0.717, 1.165) is 38.0 Å². The Morgan fingerprint density at radius 1 is 1.04 bits per heavy atom. The smallest absolute Gasteiger partial charge is 0.123 e. The van der Waals surface area contributed by atoms with Crippen LogP contribution in [0.15, 0.2) is 36.4 Å². The van der Waals surface area contributed by atoms with Crippen molar-refractivity contribution in [2.75, 3.05) is 26.2 Å². The van der Waals surface area contributed by atoms with Crippen LogP contribution in [0.5, 0.6) is 5.75 Å². The second-order valence-corrected chi connectivity index (χ2v) is 6.34. The van der Waals surface area contributed by atoms with E-state index >= 15 is 0 Å². The van der Waals surface area contributed by atoms with Gasteiger partial charge in [-0.1, -0.05) is 50.6 Å². The van der Waals surface area contributed by atoms with Gasteiger partial charge in [-0.3, -0.25) is 4.90 Å². The summed E-state index contributed by atoms with van der Waals surface area (Å²) in [5, 5.41) is 15.8. The van der Waals surface area contributed by atoms with Gasteiger partial charge in [0.1, 0.15) is 5.75 Å². The average molecular weight is 371 g/mol. The highest BCUT2D eigenvalue weighted by Gasteiger charge is 2.27. The zero-order valence-electron chi connectivity index (χ0n) is 14.4. The number of benzene rings is 2. The van der Waals surface area contributed by atoms with Crippen LogP contribution in [0.2, 0.25) is 0 Å². The van der Waals surface area contributed by atoms with Gasteiger partial charge in [-0.25, -0.2) is 0 Å². The van der Waals surface area contributed by atoms with Gasteiger partial charge in [0, 0.05) is 37.6 Å². The van der Waals surface area contributed by atoms with Crippen molar-refractivity contribution < 1.29 is 5.11 Å². The van der Waals surface area contributed by atoms with Crippen LogP contribution in [0.3, 0.4) is 0 Å². The molecule has 3 rings (SSSR count). The van der Waals surface area contributed by atoms with E-state index in [1.54, 1.807) is 0 Å². The number of hydrogen-bond acceptors (Lipinski definition) is 3. The molecule has 3 nitrogen and oxygen atoms in total. The monoisotopic (exact) mass is 370 g/mol. The average Bonchev–Trinajstić information content (AvgIpc) is 2.58. The van der Waals surface area contributed by atoms with E-state index in [9.17, 15) is 5.11 Å². The lowest BCUT2D eigenvalue weighted by Gasteiger charge is -2.39. The molecule has 0 saturated carbocycles. The third-order valence-corrected chi connectivity index (χ3v) is 4.98. The zero-order valence-corrected chi connectivity index (χ0v) is 16.0. The number of piperazine rings is 1. The summed E-state index contributed by atoms with van der Waals surface area (Å²) in [6.07, 6.45) is 1.16. The van der Waals surface area contributed by atoms with Crippen LogP contribution in [0.25, 0.3) is 10.8 Å².